The van der Waals surface area contributed by atoms with Crippen LogP contribution in [-0.4, -0.2) is 19.0 Å². The minimum Gasteiger partial charge on any atom is -0.370 e. The van der Waals surface area contributed by atoms with Gasteiger partial charge in [0.15, 0.2) is 0 Å². The molecular formula is C14H21FN2O. The fourth-order valence-electron chi connectivity index (χ4n) is 1.44. The van der Waals surface area contributed by atoms with E-state index in [1.54, 1.807) is 26.0 Å². The molecule has 0 saturated carbocycles. The van der Waals surface area contributed by atoms with E-state index in [0.717, 1.165) is 0 Å². The largest absolute Gasteiger partial charge is 0.370 e. The summed E-state index contributed by atoms with van der Waals surface area (Å²) in [6.45, 7) is 7.58. The average Bonchev–Trinajstić information content (AvgIpc) is 2.28. The maximum atomic E-state index is 13.9. The van der Waals surface area contributed by atoms with Gasteiger partial charge in [0.25, 0.3) is 0 Å². The van der Waals surface area contributed by atoms with Crippen LogP contribution >= 0.6 is 0 Å². The van der Waals surface area contributed by atoms with Crippen LogP contribution in [0.5, 0.6) is 0 Å². The van der Waals surface area contributed by atoms with Crippen molar-refractivity contribution in [3.63, 3.8) is 0 Å². The van der Waals surface area contributed by atoms with E-state index >= 15 is 0 Å². The quantitative estimate of drug-likeness (QED) is 0.892. The molecule has 0 spiro atoms. The van der Waals surface area contributed by atoms with Crippen molar-refractivity contribution in [2.75, 3.05) is 17.3 Å². The van der Waals surface area contributed by atoms with E-state index in [2.05, 4.69) is 5.32 Å². The molecule has 0 unspecified atom stereocenters. The number of rotatable bonds is 4. The molecular weight excluding hydrogens is 231 g/mol. The van der Waals surface area contributed by atoms with Crippen molar-refractivity contribution in [3.8, 4) is 0 Å². The van der Waals surface area contributed by atoms with Crippen LogP contribution < -0.4 is 10.2 Å². The van der Waals surface area contributed by atoms with Gasteiger partial charge in [-0.3, -0.25) is 4.79 Å². The maximum Gasteiger partial charge on any atom is 0.226 e. The van der Waals surface area contributed by atoms with Crippen LogP contribution in [0.1, 0.15) is 27.7 Å². The van der Waals surface area contributed by atoms with Gasteiger partial charge in [-0.25, -0.2) is 4.39 Å². The molecule has 3 nitrogen and oxygen atoms in total. The SMILES string of the molecule is CC(C)C(=O)Nc1ccc(N(C)C(C)C)c(F)c1. The number of amides is 1. The normalized spacial score (nSPS) is 10.9. The van der Waals surface area contributed by atoms with Crippen molar-refractivity contribution in [2.24, 2.45) is 5.92 Å². The minimum atomic E-state index is -0.326. The third kappa shape index (κ3) is 3.45. The van der Waals surface area contributed by atoms with Crippen LogP contribution in [-0.2, 0) is 4.79 Å². The number of nitrogens with zero attached hydrogens (tertiary/aromatic N) is 1. The Morgan fingerprint density at radius 1 is 1.28 bits per heavy atom. The number of benzene rings is 1. The molecule has 0 aliphatic carbocycles. The first-order chi connectivity index (χ1) is 8.32. The number of anilines is 2. The van der Waals surface area contributed by atoms with Gasteiger partial charge < -0.3 is 10.2 Å². The topological polar surface area (TPSA) is 32.3 Å². The third-order valence-electron chi connectivity index (χ3n) is 2.89. The van der Waals surface area contributed by atoms with E-state index in [0.29, 0.717) is 11.4 Å². The monoisotopic (exact) mass is 252 g/mol. The second-order valence-electron chi connectivity index (χ2n) is 5.01. The maximum absolute atomic E-state index is 13.9. The van der Waals surface area contributed by atoms with Crippen molar-refractivity contribution < 1.29 is 9.18 Å². The van der Waals surface area contributed by atoms with E-state index in [1.165, 1.54) is 6.07 Å². The summed E-state index contributed by atoms with van der Waals surface area (Å²) in [6.07, 6.45) is 0. The van der Waals surface area contributed by atoms with Crippen LogP contribution in [0.2, 0.25) is 0 Å². The highest BCUT2D eigenvalue weighted by Crippen LogP contribution is 2.23. The van der Waals surface area contributed by atoms with Gasteiger partial charge in [0.2, 0.25) is 5.91 Å². The summed E-state index contributed by atoms with van der Waals surface area (Å²) < 4.78 is 13.9. The Bertz CT molecular complexity index is 430. The standard InChI is InChI=1S/C14H21FN2O/c1-9(2)14(18)16-11-6-7-13(12(15)8-11)17(5)10(3)4/h6-10H,1-5H3,(H,16,18). The van der Waals surface area contributed by atoms with Gasteiger partial charge in [-0.15, -0.1) is 0 Å². The third-order valence-corrected chi connectivity index (χ3v) is 2.89. The molecule has 0 aliphatic heterocycles. The Morgan fingerprint density at radius 3 is 2.33 bits per heavy atom. The van der Waals surface area contributed by atoms with Gasteiger partial charge in [-0.05, 0) is 32.0 Å². The molecule has 0 radical (unpaired) electrons. The second-order valence-corrected chi connectivity index (χ2v) is 5.01. The molecule has 0 aliphatic rings. The Kier molecular flexibility index (Phi) is 4.70. The summed E-state index contributed by atoms with van der Waals surface area (Å²) in [5.74, 6) is -0.557. The smallest absolute Gasteiger partial charge is 0.226 e. The first kappa shape index (κ1) is 14.5. The average molecular weight is 252 g/mol. The Hall–Kier alpha value is -1.58. The van der Waals surface area contributed by atoms with Crippen molar-refractivity contribution in [1.82, 2.24) is 0 Å². The van der Waals surface area contributed by atoms with Crippen molar-refractivity contribution in [1.29, 1.82) is 0 Å². The summed E-state index contributed by atoms with van der Waals surface area (Å²) >= 11 is 0. The Balaban J connectivity index is 2.89. The van der Waals surface area contributed by atoms with Gasteiger partial charge in [-0.1, -0.05) is 13.8 Å². The number of halogens is 1. The van der Waals surface area contributed by atoms with Gasteiger partial charge in [0, 0.05) is 24.7 Å². The summed E-state index contributed by atoms with van der Waals surface area (Å²) in [5, 5.41) is 2.68. The molecule has 1 aromatic carbocycles. The number of carbonyl (C=O) groups excluding carboxylic acids is 1. The zero-order valence-corrected chi connectivity index (χ0v) is 11.6. The van der Waals surface area contributed by atoms with Crippen molar-refractivity contribution >= 4 is 17.3 Å². The van der Waals surface area contributed by atoms with Crippen molar-refractivity contribution in [2.45, 2.75) is 33.7 Å². The molecule has 0 saturated heterocycles. The molecule has 100 valence electrons. The molecule has 1 N–H and O–H groups in total. The van der Waals surface area contributed by atoms with Gasteiger partial charge in [-0.2, -0.15) is 0 Å². The molecule has 18 heavy (non-hydrogen) atoms. The van der Waals surface area contributed by atoms with E-state index in [1.807, 2.05) is 25.8 Å². The lowest BCUT2D eigenvalue weighted by molar-refractivity contribution is -0.118. The number of carbonyl (C=O) groups is 1. The predicted octanol–water partition coefficient (Wildman–Crippen LogP) is 3.26. The molecule has 0 bridgehead atoms. The van der Waals surface area contributed by atoms with Crippen LogP contribution in [0.4, 0.5) is 15.8 Å². The lowest BCUT2D eigenvalue weighted by Crippen LogP contribution is -2.26. The molecule has 0 heterocycles. The lowest BCUT2D eigenvalue weighted by Gasteiger charge is -2.24. The summed E-state index contributed by atoms with van der Waals surface area (Å²) in [6, 6.07) is 4.98. The first-order valence-corrected chi connectivity index (χ1v) is 6.16. The molecule has 1 rings (SSSR count). The second kappa shape index (κ2) is 5.85. The van der Waals surface area contributed by atoms with Crippen molar-refractivity contribution in [3.05, 3.63) is 24.0 Å². The van der Waals surface area contributed by atoms with Crippen LogP contribution in [0, 0.1) is 11.7 Å². The number of nitrogens with one attached hydrogen (secondary N) is 1. The highest BCUT2D eigenvalue weighted by Gasteiger charge is 2.12. The Morgan fingerprint density at radius 2 is 1.89 bits per heavy atom. The van der Waals surface area contributed by atoms with Gasteiger partial charge in [0.1, 0.15) is 5.82 Å². The summed E-state index contributed by atoms with van der Waals surface area (Å²) in [4.78, 5) is 13.4. The van der Waals surface area contributed by atoms with Crippen LogP contribution in [0.15, 0.2) is 18.2 Å². The van der Waals surface area contributed by atoms with E-state index in [9.17, 15) is 9.18 Å². The first-order valence-electron chi connectivity index (χ1n) is 6.16. The fourth-order valence-corrected chi connectivity index (χ4v) is 1.44. The van der Waals surface area contributed by atoms with Crippen LogP contribution in [0.3, 0.4) is 0 Å². The number of hydrogen-bond donors (Lipinski definition) is 1. The summed E-state index contributed by atoms with van der Waals surface area (Å²) in [7, 11) is 1.84. The molecule has 1 aromatic rings. The minimum absolute atomic E-state index is 0.112. The molecule has 0 fully saturated rings. The summed E-state index contributed by atoms with van der Waals surface area (Å²) in [5.41, 5.74) is 1.03. The molecule has 0 aromatic heterocycles. The van der Waals surface area contributed by atoms with E-state index < -0.39 is 0 Å². The van der Waals surface area contributed by atoms with Gasteiger partial charge in [0.05, 0.1) is 5.69 Å². The lowest BCUT2D eigenvalue weighted by atomic mass is 10.2. The molecule has 4 heteroatoms. The van der Waals surface area contributed by atoms with E-state index in [4.69, 9.17) is 0 Å². The predicted molar refractivity (Wildman–Crippen MR) is 73.4 cm³/mol. The highest BCUT2D eigenvalue weighted by atomic mass is 19.1. The highest BCUT2D eigenvalue weighted by molar-refractivity contribution is 5.92. The molecule has 0 atom stereocenters. The van der Waals surface area contributed by atoms with Crippen LogP contribution in [0.25, 0.3) is 0 Å². The fraction of sp³-hybridized carbons (Fsp3) is 0.500. The van der Waals surface area contributed by atoms with Gasteiger partial charge >= 0.3 is 0 Å². The zero-order chi connectivity index (χ0) is 13.9. The Labute approximate surface area is 108 Å². The van der Waals surface area contributed by atoms with E-state index in [-0.39, 0.29) is 23.7 Å². The molecule has 1 amide bonds. The zero-order valence-electron chi connectivity index (χ0n) is 11.6. The number of hydrogen-bond acceptors (Lipinski definition) is 2.